The van der Waals surface area contributed by atoms with Crippen molar-refractivity contribution in [3.8, 4) is 5.75 Å². The van der Waals surface area contributed by atoms with Gasteiger partial charge in [0.15, 0.2) is 0 Å². The first-order valence-corrected chi connectivity index (χ1v) is 13.7. The number of carbonyl (C=O) groups is 4. The van der Waals surface area contributed by atoms with Gasteiger partial charge < -0.3 is 30.1 Å². The Morgan fingerprint density at radius 2 is 1.74 bits per heavy atom. The zero-order valence-corrected chi connectivity index (χ0v) is 24.8. The molecule has 10 heteroatoms. The summed E-state index contributed by atoms with van der Waals surface area (Å²) in [7, 11) is 1.21. The van der Waals surface area contributed by atoms with Gasteiger partial charge in [0.1, 0.15) is 30.0 Å². The molecule has 10 nitrogen and oxygen atoms in total. The third-order valence-electron chi connectivity index (χ3n) is 6.45. The Balaban J connectivity index is 3.60. The molecule has 1 rings (SSSR count). The quantitative estimate of drug-likeness (QED) is 0.232. The molecule has 0 aliphatic carbocycles. The first-order chi connectivity index (χ1) is 18.3. The van der Waals surface area contributed by atoms with E-state index in [1.54, 1.807) is 45.9 Å². The number of hydrogen-bond acceptors (Lipinski definition) is 7. The van der Waals surface area contributed by atoms with Gasteiger partial charge in [-0.15, -0.1) is 0 Å². The third-order valence-corrected chi connectivity index (χ3v) is 6.45. The number of unbranched alkanes of at least 4 members (excludes halogenated alkanes) is 3. The molecule has 0 aliphatic rings. The van der Waals surface area contributed by atoms with Crippen molar-refractivity contribution in [1.29, 1.82) is 0 Å². The number of benzene rings is 1. The molecule has 0 spiro atoms. The molecule has 0 bridgehead atoms. The van der Waals surface area contributed by atoms with Crippen molar-refractivity contribution in [3.05, 3.63) is 29.3 Å². The number of methoxy groups -OCH3 is 1. The molecule has 3 atom stereocenters. The fourth-order valence-corrected chi connectivity index (χ4v) is 4.05. The maximum absolute atomic E-state index is 14.2. The van der Waals surface area contributed by atoms with Gasteiger partial charge in [0.2, 0.25) is 11.8 Å². The van der Waals surface area contributed by atoms with Crippen molar-refractivity contribution in [1.82, 2.24) is 15.5 Å². The average molecular weight is 550 g/mol. The van der Waals surface area contributed by atoms with Crippen molar-refractivity contribution >= 4 is 23.9 Å². The second-order valence-corrected chi connectivity index (χ2v) is 10.8. The third kappa shape index (κ3) is 10.8. The zero-order chi connectivity index (χ0) is 29.8. The summed E-state index contributed by atoms with van der Waals surface area (Å²) in [4.78, 5) is 53.7. The van der Waals surface area contributed by atoms with Gasteiger partial charge in [-0.3, -0.25) is 14.4 Å². The Hall–Kier alpha value is -3.30. The molecule has 3 unspecified atom stereocenters. The van der Waals surface area contributed by atoms with Gasteiger partial charge in [0.25, 0.3) is 0 Å². The van der Waals surface area contributed by atoms with E-state index in [0.29, 0.717) is 18.4 Å². The van der Waals surface area contributed by atoms with Gasteiger partial charge in [-0.1, -0.05) is 64.7 Å². The number of para-hydroxylation sites is 1. The maximum Gasteiger partial charge on any atom is 0.408 e. The Bertz CT molecular complexity index is 974. The van der Waals surface area contributed by atoms with E-state index in [4.69, 9.17) is 4.74 Å². The van der Waals surface area contributed by atoms with E-state index in [2.05, 4.69) is 22.3 Å². The van der Waals surface area contributed by atoms with E-state index in [1.165, 1.54) is 12.0 Å². The largest absolute Gasteiger partial charge is 0.507 e. The van der Waals surface area contributed by atoms with Crippen LogP contribution in [0.4, 0.5) is 4.79 Å². The highest BCUT2D eigenvalue weighted by Crippen LogP contribution is 2.33. The van der Waals surface area contributed by atoms with Crippen molar-refractivity contribution in [3.63, 3.8) is 0 Å². The summed E-state index contributed by atoms with van der Waals surface area (Å²) < 4.78 is 10.1. The minimum atomic E-state index is -1.25. The number of nitrogens with zero attached hydrogens (tertiary/aromatic N) is 1. The summed E-state index contributed by atoms with van der Waals surface area (Å²) in [6.45, 7) is 12.5. The normalized spacial score (nSPS) is 13.5. The van der Waals surface area contributed by atoms with Gasteiger partial charge in [-0.25, -0.2) is 4.79 Å². The summed E-state index contributed by atoms with van der Waals surface area (Å²) in [5, 5.41) is 16.2. The lowest BCUT2D eigenvalue weighted by atomic mass is 9.94. The number of phenolic OH excluding ortho intramolecular Hbond substituents is 1. The van der Waals surface area contributed by atoms with E-state index in [9.17, 15) is 24.3 Å². The van der Waals surface area contributed by atoms with Crippen molar-refractivity contribution in [2.45, 2.75) is 98.3 Å². The topological polar surface area (TPSA) is 134 Å². The summed E-state index contributed by atoms with van der Waals surface area (Å²) in [6.07, 6.45) is 3.19. The molecule has 0 heterocycles. The van der Waals surface area contributed by atoms with E-state index in [-0.39, 0.29) is 23.8 Å². The van der Waals surface area contributed by atoms with Crippen molar-refractivity contribution < 1.29 is 33.8 Å². The molecule has 0 fully saturated rings. The molecule has 0 saturated heterocycles. The van der Waals surface area contributed by atoms with Crippen molar-refractivity contribution in [2.24, 2.45) is 5.92 Å². The Labute approximate surface area is 232 Å². The lowest BCUT2D eigenvalue weighted by Gasteiger charge is -2.36. The van der Waals surface area contributed by atoms with Crippen LogP contribution in [0.2, 0.25) is 0 Å². The Morgan fingerprint density at radius 1 is 1.08 bits per heavy atom. The van der Waals surface area contributed by atoms with Crippen LogP contribution in [-0.4, -0.2) is 65.7 Å². The van der Waals surface area contributed by atoms with Crippen LogP contribution in [0.1, 0.15) is 90.8 Å². The molecule has 39 heavy (non-hydrogen) atoms. The Morgan fingerprint density at radius 3 is 2.31 bits per heavy atom. The fourth-order valence-electron chi connectivity index (χ4n) is 4.05. The highest BCUT2D eigenvalue weighted by molar-refractivity contribution is 5.93. The molecule has 0 aromatic heterocycles. The number of alkyl carbamates (subject to hydrolysis) is 1. The van der Waals surface area contributed by atoms with Gasteiger partial charge in [0, 0.05) is 12.1 Å². The zero-order valence-electron chi connectivity index (χ0n) is 24.8. The lowest BCUT2D eigenvalue weighted by Crippen LogP contribution is -2.55. The van der Waals surface area contributed by atoms with Crippen molar-refractivity contribution in [2.75, 3.05) is 20.2 Å². The molecule has 220 valence electrons. The monoisotopic (exact) mass is 549 g/mol. The average Bonchev–Trinajstić information content (AvgIpc) is 2.87. The second-order valence-electron chi connectivity index (χ2n) is 10.8. The predicted molar refractivity (Wildman–Crippen MR) is 149 cm³/mol. The van der Waals surface area contributed by atoms with Gasteiger partial charge in [-0.2, -0.15) is 0 Å². The van der Waals surface area contributed by atoms with E-state index in [1.807, 2.05) is 13.8 Å². The van der Waals surface area contributed by atoms with E-state index in [0.717, 1.165) is 19.3 Å². The number of nitrogens with one attached hydrogen (secondary N) is 2. The summed E-state index contributed by atoms with van der Waals surface area (Å²) >= 11 is 0. The number of ether oxygens (including phenoxy) is 2. The molecule has 0 saturated carbocycles. The van der Waals surface area contributed by atoms with Crippen LogP contribution in [-0.2, 0) is 23.9 Å². The minimum absolute atomic E-state index is 0.123. The van der Waals surface area contributed by atoms with Crippen LogP contribution in [0.3, 0.4) is 0 Å². The molecule has 1 aromatic carbocycles. The van der Waals surface area contributed by atoms with Gasteiger partial charge >= 0.3 is 12.1 Å². The highest BCUT2D eigenvalue weighted by atomic mass is 16.6. The second kappa shape index (κ2) is 16.0. The van der Waals surface area contributed by atoms with Gasteiger partial charge in [0.05, 0.1) is 7.11 Å². The molecule has 0 radical (unpaired) electrons. The number of amides is 3. The summed E-state index contributed by atoms with van der Waals surface area (Å²) in [5.41, 5.74) is -0.0141. The number of esters is 1. The highest BCUT2D eigenvalue weighted by Gasteiger charge is 2.39. The smallest absolute Gasteiger partial charge is 0.408 e. The molecule has 3 N–H and O–H groups in total. The molecular weight excluding hydrogens is 502 g/mol. The maximum atomic E-state index is 14.2. The number of aryl methyl sites for hydroxylation is 1. The Kier molecular flexibility index (Phi) is 13.8. The predicted octanol–water partition coefficient (Wildman–Crippen LogP) is 4.38. The first-order valence-electron chi connectivity index (χ1n) is 13.7. The van der Waals surface area contributed by atoms with Crippen LogP contribution in [0, 0.1) is 12.8 Å². The van der Waals surface area contributed by atoms with E-state index < -0.39 is 48.1 Å². The van der Waals surface area contributed by atoms with E-state index >= 15 is 0 Å². The standard InChI is InChI=1S/C29H47N3O7/c1-9-11-12-13-17-32(27(36)23(19(3)10-2)31-28(37)39-29(5,6)7)24(26(35)30-18-22(33)38-8)21-16-14-15-20(4)25(21)34/h14-16,19,23-24,34H,9-13,17-18H2,1-8H3,(H,30,35)(H,31,37). The summed E-state index contributed by atoms with van der Waals surface area (Å²) in [5.74, 6) is -2.19. The van der Waals surface area contributed by atoms with Crippen LogP contribution in [0.15, 0.2) is 18.2 Å². The first kappa shape index (κ1) is 33.7. The lowest BCUT2D eigenvalue weighted by molar-refractivity contribution is -0.145. The number of aromatic hydroxyl groups is 1. The molecule has 1 aromatic rings. The minimum Gasteiger partial charge on any atom is -0.507 e. The van der Waals surface area contributed by atoms with Crippen LogP contribution >= 0.6 is 0 Å². The number of hydrogen-bond donors (Lipinski definition) is 3. The number of phenols is 1. The summed E-state index contributed by atoms with van der Waals surface area (Å²) in [6, 6.07) is 2.73. The molecule has 3 amide bonds. The van der Waals surface area contributed by atoms with Crippen LogP contribution in [0.5, 0.6) is 5.75 Å². The van der Waals surface area contributed by atoms with Crippen LogP contribution < -0.4 is 10.6 Å². The number of rotatable bonds is 14. The SMILES string of the molecule is CCCCCCN(C(=O)C(NC(=O)OC(C)(C)C)C(C)CC)C(C(=O)NCC(=O)OC)c1cccc(C)c1O. The molecular formula is C29H47N3O7. The molecule has 0 aliphatic heterocycles. The fraction of sp³-hybridized carbons (Fsp3) is 0.655. The number of carbonyl (C=O) groups excluding carboxylic acids is 4. The van der Waals surface area contributed by atoms with Gasteiger partial charge in [-0.05, 0) is 45.6 Å². The van der Waals surface area contributed by atoms with Crippen LogP contribution in [0.25, 0.3) is 0 Å².